The molecule has 1 aromatic carbocycles. The summed E-state index contributed by atoms with van der Waals surface area (Å²) < 4.78 is 5.70. The highest BCUT2D eigenvalue weighted by Crippen LogP contribution is 2.32. The van der Waals surface area contributed by atoms with Gasteiger partial charge in [0.05, 0.1) is 6.61 Å². The van der Waals surface area contributed by atoms with Crippen molar-refractivity contribution in [3.8, 4) is 5.75 Å². The van der Waals surface area contributed by atoms with Gasteiger partial charge in [-0.15, -0.1) is 0 Å². The van der Waals surface area contributed by atoms with Crippen molar-refractivity contribution in [2.24, 2.45) is 0 Å². The van der Waals surface area contributed by atoms with Crippen LogP contribution in [-0.2, 0) is 0 Å². The van der Waals surface area contributed by atoms with Crippen LogP contribution in [-0.4, -0.2) is 19.7 Å². The van der Waals surface area contributed by atoms with E-state index in [4.69, 9.17) is 4.74 Å². The lowest BCUT2D eigenvalue weighted by Gasteiger charge is -2.26. The van der Waals surface area contributed by atoms with Crippen molar-refractivity contribution in [3.63, 3.8) is 0 Å². The summed E-state index contributed by atoms with van der Waals surface area (Å²) in [7, 11) is 0. The van der Waals surface area contributed by atoms with E-state index in [9.17, 15) is 0 Å². The molecule has 2 heteroatoms. The highest BCUT2D eigenvalue weighted by Gasteiger charge is 2.20. The molecular formula is C17H23NO. The Bertz CT molecular complexity index is 452. The molecule has 0 radical (unpaired) electrons. The highest BCUT2D eigenvalue weighted by atomic mass is 16.5. The van der Waals surface area contributed by atoms with E-state index in [1.165, 1.54) is 31.2 Å². The minimum atomic E-state index is 0.613. The van der Waals surface area contributed by atoms with Crippen molar-refractivity contribution in [1.82, 2.24) is 5.32 Å². The topological polar surface area (TPSA) is 21.3 Å². The summed E-state index contributed by atoms with van der Waals surface area (Å²) in [4.78, 5) is 0. The molecule has 0 saturated carbocycles. The van der Waals surface area contributed by atoms with Crippen LogP contribution in [0, 0.1) is 0 Å². The summed E-state index contributed by atoms with van der Waals surface area (Å²) in [5.41, 5.74) is 3.03. The Morgan fingerprint density at radius 1 is 1.26 bits per heavy atom. The molecule has 0 aromatic heterocycles. The fourth-order valence-corrected chi connectivity index (χ4v) is 3.12. The lowest BCUT2D eigenvalue weighted by molar-refractivity contribution is 0.265. The van der Waals surface area contributed by atoms with Gasteiger partial charge in [0.1, 0.15) is 5.75 Å². The third-order valence-corrected chi connectivity index (χ3v) is 4.23. The first-order valence-electron chi connectivity index (χ1n) is 7.54. The summed E-state index contributed by atoms with van der Waals surface area (Å²) in [6, 6.07) is 8.47. The van der Waals surface area contributed by atoms with E-state index in [1.807, 2.05) is 0 Å². The summed E-state index contributed by atoms with van der Waals surface area (Å²) in [5, 5.41) is 3.63. The molecule has 1 atom stereocenters. The van der Waals surface area contributed by atoms with Crippen molar-refractivity contribution in [1.29, 1.82) is 0 Å². The van der Waals surface area contributed by atoms with Crippen molar-refractivity contribution in [3.05, 3.63) is 41.5 Å². The minimum Gasteiger partial charge on any atom is -0.493 e. The van der Waals surface area contributed by atoms with Crippen molar-refractivity contribution >= 4 is 0 Å². The van der Waals surface area contributed by atoms with E-state index in [-0.39, 0.29) is 0 Å². The lowest BCUT2D eigenvalue weighted by atomic mass is 9.93. The number of hydrogen-bond acceptors (Lipinski definition) is 2. The largest absolute Gasteiger partial charge is 0.493 e. The van der Waals surface area contributed by atoms with E-state index in [0.29, 0.717) is 5.92 Å². The molecule has 1 aliphatic carbocycles. The van der Waals surface area contributed by atoms with Gasteiger partial charge in [0.25, 0.3) is 0 Å². The smallest absolute Gasteiger partial charge is 0.122 e. The maximum atomic E-state index is 5.70. The molecule has 1 N–H and O–H groups in total. The molecule has 1 aromatic rings. The van der Waals surface area contributed by atoms with E-state index < -0.39 is 0 Å². The molecule has 0 bridgehead atoms. The molecular weight excluding hydrogens is 234 g/mol. The third kappa shape index (κ3) is 3.19. The number of nitrogens with one attached hydrogen (secondary N) is 1. The van der Waals surface area contributed by atoms with Crippen LogP contribution in [0.4, 0.5) is 0 Å². The van der Waals surface area contributed by atoms with E-state index in [1.54, 1.807) is 5.57 Å². The zero-order chi connectivity index (χ0) is 12.9. The van der Waals surface area contributed by atoms with Crippen LogP contribution < -0.4 is 10.1 Å². The fourth-order valence-electron chi connectivity index (χ4n) is 3.12. The van der Waals surface area contributed by atoms with Gasteiger partial charge in [0.2, 0.25) is 0 Å². The summed E-state index contributed by atoms with van der Waals surface area (Å²) in [6.07, 6.45) is 8.76. The number of benzene rings is 1. The zero-order valence-corrected chi connectivity index (χ0v) is 11.5. The average molecular weight is 257 g/mol. The Balaban J connectivity index is 1.48. The second-order valence-corrected chi connectivity index (χ2v) is 5.58. The summed E-state index contributed by atoms with van der Waals surface area (Å²) in [5.74, 6) is 1.70. The number of hydrogen-bond donors (Lipinski definition) is 1. The Morgan fingerprint density at radius 2 is 2.21 bits per heavy atom. The van der Waals surface area contributed by atoms with Gasteiger partial charge < -0.3 is 10.1 Å². The molecule has 1 unspecified atom stereocenters. The normalized spacial score (nSPS) is 21.7. The zero-order valence-electron chi connectivity index (χ0n) is 11.5. The molecule has 102 valence electrons. The maximum Gasteiger partial charge on any atom is 0.122 e. The maximum absolute atomic E-state index is 5.70. The first kappa shape index (κ1) is 12.7. The third-order valence-electron chi connectivity index (χ3n) is 4.23. The van der Waals surface area contributed by atoms with Crippen LogP contribution in [0.15, 0.2) is 35.9 Å². The van der Waals surface area contributed by atoms with Gasteiger partial charge >= 0.3 is 0 Å². The Kier molecular flexibility index (Phi) is 4.19. The molecule has 1 aliphatic heterocycles. The van der Waals surface area contributed by atoms with Crippen LogP contribution in [0.1, 0.15) is 43.6 Å². The van der Waals surface area contributed by atoms with E-state index in [2.05, 4.69) is 35.7 Å². The van der Waals surface area contributed by atoms with Gasteiger partial charge in [-0.25, -0.2) is 0 Å². The lowest BCUT2D eigenvalue weighted by Crippen LogP contribution is -2.26. The number of rotatable bonds is 5. The van der Waals surface area contributed by atoms with Gasteiger partial charge in [-0.1, -0.05) is 29.8 Å². The van der Waals surface area contributed by atoms with Gasteiger partial charge in [-0.2, -0.15) is 0 Å². The van der Waals surface area contributed by atoms with Crippen molar-refractivity contribution < 1.29 is 4.74 Å². The Morgan fingerprint density at radius 3 is 3.11 bits per heavy atom. The van der Waals surface area contributed by atoms with Crippen LogP contribution >= 0.6 is 0 Å². The van der Waals surface area contributed by atoms with Crippen LogP contribution in [0.2, 0.25) is 0 Å². The fraction of sp³-hybridized carbons (Fsp3) is 0.529. The summed E-state index contributed by atoms with van der Waals surface area (Å²) >= 11 is 0. The molecule has 19 heavy (non-hydrogen) atoms. The van der Waals surface area contributed by atoms with Crippen LogP contribution in [0.3, 0.4) is 0 Å². The second-order valence-electron chi connectivity index (χ2n) is 5.58. The number of allylic oxidation sites excluding steroid dienone is 1. The molecule has 2 aliphatic rings. The molecule has 0 saturated heterocycles. The predicted molar refractivity (Wildman–Crippen MR) is 78.7 cm³/mol. The quantitative estimate of drug-likeness (QED) is 0.642. The second kappa shape index (κ2) is 6.25. The first-order chi connectivity index (χ1) is 9.43. The standard InChI is InChI=1S/C17H23NO/c1-2-6-14(5-1)9-11-18-13-15-10-12-19-17-8-4-3-7-16(15)17/h3-5,7-8,15,18H,1-2,6,9-13H2. The molecule has 0 amide bonds. The number of ether oxygens (including phenoxy) is 1. The molecule has 0 spiro atoms. The Labute approximate surface area is 115 Å². The number of para-hydroxylation sites is 1. The molecule has 1 heterocycles. The highest BCUT2D eigenvalue weighted by molar-refractivity contribution is 5.37. The summed E-state index contributed by atoms with van der Waals surface area (Å²) in [6.45, 7) is 3.05. The van der Waals surface area contributed by atoms with Gasteiger partial charge in [-0.3, -0.25) is 0 Å². The van der Waals surface area contributed by atoms with Crippen molar-refractivity contribution in [2.75, 3.05) is 19.7 Å². The minimum absolute atomic E-state index is 0.613. The predicted octanol–water partition coefficient (Wildman–Crippen LogP) is 3.64. The molecule has 2 nitrogen and oxygen atoms in total. The van der Waals surface area contributed by atoms with Gasteiger partial charge in [0, 0.05) is 12.5 Å². The van der Waals surface area contributed by atoms with Gasteiger partial charge in [0.15, 0.2) is 0 Å². The first-order valence-corrected chi connectivity index (χ1v) is 7.54. The monoisotopic (exact) mass is 257 g/mol. The average Bonchev–Trinajstić information content (AvgIpc) is 2.97. The molecule has 0 fully saturated rings. The van der Waals surface area contributed by atoms with E-state index >= 15 is 0 Å². The van der Waals surface area contributed by atoms with Crippen LogP contribution in [0.5, 0.6) is 5.75 Å². The molecule has 3 rings (SSSR count). The van der Waals surface area contributed by atoms with Gasteiger partial charge in [-0.05, 0) is 50.3 Å². The Hall–Kier alpha value is -1.28. The van der Waals surface area contributed by atoms with E-state index in [0.717, 1.165) is 31.9 Å². The SMILES string of the molecule is C1=C(CCNCC2CCOc3ccccc32)CCC1. The van der Waals surface area contributed by atoms with Crippen LogP contribution in [0.25, 0.3) is 0 Å². The van der Waals surface area contributed by atoms with Crippen molar-refractivity contribution in [2.45, 2.75) is 38.0 Å². The number of fused-ring (bicyclic) bond motifs is 1.